The van der Waals surface area contributed by atoms with E-state index in [1.807, 2.05) is 0 Å². The minimum atomic E-state index is 0.636. The summed E-state index contributed by atoms with van der Waals surface area (Å²) in [4.78, 5) is 0. The molecule has 27 heavy (non-hydrogen) atoms. The second-order valence-electron chi connectivity index (χ2n) is 9.95. The molecule has 3 aliphatic rings. The van der Waals surface area contributed by atoms with Crippen molar-refractivity contribution in [1.82, 2.24) is 14.2 Å². The van der Waals surface area contributed by atoms with Gasteiger partial charge in [0.05, 0.1) is 0 Å². The van der Waals surface area contributed by atoms with Crippen LogP contribution < -0.4 is 0 Å². The monoisotopic (exact) mass is 371 g/mol. The Bertz CT molecular complexity index is 395. The molecule has 0 amide bonds. The highest BCUT2D eigenvalue weighted by atomic mass is 15.3. The summed E-state index contributed by atoms with van der Waals surface area (Å²) in [7, 11) is 7.33. The van der Waals surface area contributed by atoms with E-state index in [0.717, 1.165) is 11.6 Å². The van der Waals surface area contributed by atoms with Crippen LogP contribution in [0.5, 0.6) is 0 Å². The molecule has 1 saturated heterocycles. The van der Waals surface area contributed by atoms with Gasteiger partial charge in [0.2, 0.25) is 0 Å². The summed E-state index contributed by atoms with van der Waals surface area (Å²) in [6.45, 7) is 4.28. The highest BCUT2D eigenvalue weighted by molar-refractivity contribution is 6.86. The van der Waals surface area contributed by atoms with Crippen molar-refractivity contribution in [2.45, 2.75) is 115 Å². The minimum Gasteiger partial charge on any atom is -0.360 e. The van der Waals surface area contributed by atoms with Crippen LogP contribution in [0.3, 0.4) is 0 Å². The van der Waals surface area contributed by atoms with E-state index in [1.165, 1.54) is 96.2 Å². The molecule has 3 fully saturated rings. The Morgan fingerprint density at radius 1 is 0.630 bits per heavy atom. The predicted molar refractivity (Wildman–Crippen MR) is 123 cm³/mol. The lowest BCUT2D eigenvalue weighted by Crippen LogP contribution is -2.76. The lowest BCUT2D eigenvalue weighted by atomic mass is 9.34. The standard InChI is InChI=1S/C21H44B3N3/c1-5-6-7-14-19-22-25(2)23(20-15-10-8-11-16-20)27(4)24(26(22)3)21-17-12-9-13-18-21/h20-21H,5-19H2,1-4H3. The fourth-order valence-electron chi connectivity index (χ4n) is 6.73. The van der Waals surface area contributed by atoms with Gasteiger partial charge in [0.25, 0.3) is 20.9 Å². The van der Waals surface area contributed by atoms with Crippen molar-refractivity contribution in [1.29, 1.82) is 0 Å². The van der Waals surface area contributed by atoms with E-state index < -0.39 is 0 Å². The normalized spacial score (nSPS) is 25.6. The van der Waals surface area contributed by atoms with Crippen LogP contribution in [-0.2, 0) is 0 Å². The van der Waals surface area contributed by atoms with E-state index in [-0.39, 0.29) is 0 Å². The van der Waals surface area contributed by atoms with Crippen LogP contribution in [0.25, 0.3) is 0 Å². The molecule has 2 saturated carbocycles. The molecule has 2 aliphatic carbocycles. The van der Waals surface area contributed by atoms with Crippen molar-refractivity contribution in [2.75, 3.05) is 21.1 Å². The summed E-state index contributed by atoms with van der Waals surface area (Å²) in [5.41, 5.74) is 0. The van der Waals surface area contributed by atoms with Crippen LogP contribution in [-0.4, -0.2) is 56.3 Å². The SMILES string of the molecule is CCCCCCB1N(C)B(C2CCCCC2)N(C)B(C2CCCCC2)N1C. The summed E-state index contributed by atoms with van der Waals surface area (Å²) in [6, 6.07) is 0. The fraction of sp³-hybridized carbons (Fsp3) is 1.00. The maximum atomic E-state index is 2.81. The smallest absolute Gasteiger partial charge is 0.293 e. The molecule has 3 rings (SSSR count). The summed E-state index contributed by atoms with van der Waals surface area (Å²) in [6.07, 6.45) is 21.4. The first-order chi connectivity index (χ1) is 13.1. The van der Waals surface area contributed by atoms with Gasteiger partial charge in [0.15, 0.2) is 0 Å². The molecule has 0 N–H and O–H groups in total. The molecule has 0 unspecified atom stereocenters. The van der Waals surface area contributed by atoms with Gasteiger partial charge in [0.1, 0.15) is 0 Å². The topological polar surface area (TPSA) is 9.72 Å². The highest BCUT2D eigenvalue weighted by Crippen LogP contribution is 2.41. The number of hydrogen-bond donors (Lipinski definition) is 0. The minimum absolute atomic E-state index is 0.636. The third-order valence-electron chi connectivity index (χ3n) is 8.07. The molecule has 0 radical (unpaired) electrons. The van der Waals surface area contributed by atoms with Gasteiger partial charge in [0, 0.05) is 0 Å². The highest BCUT2D eigenvalue weighted by Gasteiger charge is 2.52. The van der Waals surface area contributed by atoms with E-state index in [9.17, 15) is 0 Å². The molecule has 3 nitrogen and oxygen atoms in total. The van der Waals surface area contributed by atoms with Gasteiger partial charge in [-0.25, -0.2) is 0 Å². The molecule has 0 bridgehead atoms. The summed E-state index contributed by atoms with van der Waals surface area (Å²) in [5, 5.41) is 0. The number of unbranched alkanes of at least 4 members (excludes halogenated alkanes) is 3. The van der Waals surface area contributed by atoms with Crippen molar-refractivity contribution >= 4 is 20.9 Å². The van der Waals surface area contributed by atoms with Crippen LogP contribution in [0.2, 0.25) is 18.0 Å². The van der Waals surface area contributed by atoms with Crippen LogP contribution in [0.15, 0.2) is 0 Å². The molecular formula is C21H44B3N3. The lowest BCUT2D eigenvalue weighted by Gasteiger charge is -2.55. The Kier molecular flexibility index (Phi) is 8.66. The summed E-state index contributed by atoms with van der Waals surface area (Å²) in [5.74, 6) is 1.76. The van der Waals surface area contributed by atoms with Gasteiger partial charge in [-0.15, -0.1) is 0 Å². The largest absolute Gasteiger partial charge is 0.360 e. The number of nitrogens with zero attached hydrogens (tertiary/aromatic N) is 3. The average molecular weight is 371 g/mol. The fourth-order valence-corrected chi connectivity index (χ4v) is 6.73. The summed E-state index contributed by atoms with van der Waals surface area (Å²) < 4.78 is 8.37. The molecule has 0 aromatic rings. The van der Waals surface area contributed by atoms with Gasteiger partial charge in [-0.1, -0.05) is 96.8 Å². The molecule has 6 heteroatoms. The zero-order valence-corrected chi connectivity index (χ0v) is 18.8. The van der Waals surface area contributed by atoms with Gasteiger partial charge in [-0.2, -0.15) is 0 Å². The number of hydrogen-bond acceptors (Lipinski definition) is 3. The van der Waals surface area contributed by atoms with Gasteiger partial charge < -0.3 is 14.2 Å². The van der Waals surface area contributed by atoms with Crippen LogP contribution in [0.4, 0.5) is 0 Å². The molecular weight excluding hydrogens is 327 g/mol. The van der Waals surface area contributed by atoms with Gasteiger partial charge in [-0.3, -0.25) is 0 Å². The Hall–Kier alpha value is 0.0748. The lowest BCUT2D eigenvalue weighted by molar-refractivity contribution is 0.414. The Labute approximate surface area is 171 Å². The van der Waals surface area contributed by atoms with E-state index in [4.69, 9.17) is 0 Å². The summed E-state index contributed by atoms with van der Waals surface area (Å²) >= 11 is 0. The maximum absolute atomic E-state index is 2.81. The third kappa shape index (κ3) is 5.17. The van der Waals surface area contributed by atoms with Crippen molar-refractivity contribution < 1.29 is 0 Å². The van der Waals surface area contributed by atoms with Crippen molar-refractivity contribution in [3.63, 3.8) is 0 Å². The first-order valence-corrected chi connectivity index (χ1v) is 12.3. The van der Waals surface area contributed by atoms with Crippen LogP contribution >= 0.6 is 0 Å². The Balaban J connectivity index is 1.76. The van der Waals surface area contributed by atoms with E-state index >= 15 is 0 Å². The molecule has 0 aromatic heterocycles. The molecule has 1 aliphatic heterocycles. The molecule has 0 spiro atoms. The predicted octanol–water partition coefficient (Wildman–Crippen LogP) is 5.51. The van der Waals surface area contributed by atoms with Gasteiger partial charge >= 0.3 is 0 Å². The molecule has 1 heterocycles. The van der Waals surface area contributed by atoms with Crippen LogP contribution in [0, 0.1) is 0 Å². The first kappa shape index (κ1) is 21.8. The maximum Gasteiger partial charge on any atom is 0.293 e. The van der Waals surface area contributed by atoms with Crippen molar-refractivity contribution in [3.8, 4) is 0 Å². The second kappa shape index (κ2) is 10.7. The molecule has 152 valence electrons. The average Bonchev–Trinajstić information content (AvgIpc) is 2.69. The van der Waals surface area contributed by atoms with E-state index in [1.54, 1.807) is 0 Å². The zero-order chi connectivity index (χ0) is 19.2. The second-order valence-corrected chi connectivity index (χ2v) is 9.95. The van der Waals surface area contributed by atoms with Crippen LogP contribution in [0.1, 0.15) is 96.8 Å². The third-order valence-corrected chi connectivity index (χ3v) is 8.07. The molecule has 0 aromatic carbocycles. The Morgan fingerprint density at radius 3 is 1.56 bits per heavy atom. The first-order valence-electron chi connectivity index (χ1n) is 12.3. The van der Waals surface area contributed by atoms with Gasteiger partial charge in [-0.05, 0) is 39.1 Å². The number of rotatable bonds is 7. The quantitative estimate of drug-likeness (QED) is 0.432. The zero-order valence-electron chi connectivity index (χ0n) is 18.8. The van der Waals surface area contributed by atoms with Crippen molar-refractivity contribution in [2.24, 2.45) is 0 Å². The van der Waals surface area contributed by atoms with E-state index in [2.05, 4.69) is 42.2 Å². The molecule has 0 atom stereocenters. The van der Waals surface area contributed by atoms with Crippen molar-refractivity contribution in [3.05, 3.63) is 0 Å². The Morgan fingerprint density at radius 2 is 1.11 bits per heavy atom. The van der Waals surface area contributed by atoms with E-state index in [0.29, 0.717) is 20.9 Å².